The molecule has 149 heavy (non-hydrogen) atoms. The van der Waals surface area contributed by atoms with Gasteiger partial charge in [-0.15, -0.1) is 0 Å². The number of thioether (sulfide) groups is 1. The number of nitrogens with two attached hydrogens (primary N) is 2. The minimum Gasteiger partial charge on any atom is -0.508 e. The Hall–Kier alpha value is -15.1. The van der Waals surface area contributed by atoms with Crippen LogP contribution in [0.5, 0.6) is 29.3 Å². The average molecular weight is 2120 g/mol. The van der Waals surface area contributed by atoms with Crippen LogP contribution in [-0.4, -0.2) is 280 Å². The third kappa shape index (κ3) is 34.5. The lowest BCUT2D eigenvalue weighted by Gasteiger charge is -2.32. The molecule has 798 valence electrons. The third-order valence-corrected chi connectivity index (χ3v) is 26.5. The Balaban J connectivity index is 0.764. The molecule has 2 unspecified atom stereocenters. The third-order valence-electron chi connectivity index (χ3n) is 24.4. The van der Waals surface area contributed by atoms with E-state index in [1.807, 2.05) is 0 Å². The molecular weight excluding hydrogens is 1990 g/mol. The predicted molar refractivity (Wildman–Crippen MR) is 550 cm³/mol. The number of ether oxygens (including phenoxy) is 3. The van der Waals surface area contributed by atoms with Crippen molar-refractivity contribution in [3.63, 3.8) is 0 Å². The SMILES string of the molecule is CCC(CSC[C@H](NC(=O)[C@H](Cc1ccc(O)cc1)NC(=O)C1CCCN1C(=O)[C@@H](NC(=O)[C@H](Cc1ccccc1)NC(=O)[C@H](Cc1ccccc1)NC(=O)[C@H](Cc1c[nH]cn1)NC(=O)[C@H](C)NC(=O)[C@H](CO)NC(=O)[C@H](CC(C)C)NC(=O)[C@H](Cc1ccc(O)cc1)NC(=O)[C@@H](N)CCC(=O)O)C(C)C)C(=O)NC)C(=O)c1ccc(OCC(=O)NCc2ccc(Cn3c(O)nc4c(N)nc(OCCOC)nc43)cc2)c(Cl)c1Cl. The van der Waals surface area contributed by atoms with E-state index in [4.69, 9.17) is 48.9 Å². The molecule has 0 saturated carbocycles. The second-order valence-corrected chi connectivity index (χ2v) is 38.4. The highest BCUT2D eigenvalue weighted by molar-refractivity contribution is 7.99. The molecule has 10 rings (SSSR count). The van der Waals surface area contributed by atoms with E-state index in [1.54, 1.807) is 120 Å². The summed E-state index contributed by atoms with van der Waals surface area (Å²) in [5.74, 6) is -14.4. The number of nitrogen functional groups attached to an aromatic ring is 1. The monoisotopic (exact) mass is 2120 g/mol. The number of aromatic amines is 1. The number of aromatic nitrogens is 6. The average Bonchev–Trinajstić information content (AvgIpc) is 1.63. The number of carbonyl (C=O) groups excluding carboxylic acids is 14. The molecule has 1 fully saturated rings. The minimum absolute atomic E-state index is 0.0125. The van der Waals surface area contributed by atoms with E-state index in [1.165, 1.54) is 115 Å². The first-order valence-electron chi connectivity index (χ1n) is 48.4. The number of carboxylic acids is 1. The van der Waals surface area contributed by atoms with Crippen LogP contribution in [0, 0.1) is 17.8 Å². The number of anilines is 1. The molecule has 0 bridgehead atoms. The number of hydrogen-bond donors (Lipinski definition) is 20. The fraction of sp³-hybridized carbons (Fsp3) is 0.422. The molecule has 47 heteroatoms. The van der Waals surface area contributed by atoms with Gasteiger partial charge in [0.1, 0.15) is 95.3 Å². The minimum atomic E-state index is -1.77. The highest BCUT2D eigenvalue weighted by Gasteiger charge is 2.43. The van der Waals surface area contributed by atoms with Crippen molar-refractivity contribution >= 4 is 140 Å². The molecule has 13 amide bonds. The Morgan fingerprint density at radius 2 is 1.07 bits per heavy atom. The van der Waals surface area contributed by atoms with E-state index in [-0.39, 0.29) is 169 Å². The van der Waals surface area contributed by atoms with E-state index in [2.05, 4.69) is 88.7 Å². The summed E-state index contributed by atoms with van der Waals surface area (Å²) in [4.78, 5) is 234. The number of H-pyrrole nitrogens is 1. The number of benzene rings is 6. The number of Topliss-reactive ketones (excluding diaryl/α,β-unsaturated/α-hetero) is 1. The number of likely N-dealkylation sites (N-methyl/N-ethyl adjacent to an activating group) is 1. The Kier molecular flexibility index (Phi) is 44.1. The van der Waals surface area contributed by atoms with Gasteiger partial charge in [0.2, 0.25) is 70.9 Å². The summed E-state index contributed by atoms with van der Waals surface area (Å²) in [5.41, 5.74) is 16.3. The van der Waals surface area contributed by atoms with Crippen molar-refractivity contribution < 1.29 is 112 Å². The van der Waals surface area contributed by atoms with Crippen molar-refractivity contribution in [1.29, 1.82) is 0 Å². The zero-order valence-electron chi connectivity index (χ0n) is 83.4. The maximum atomic E-state index is 15.3. The summed E-state index contributed by atoms with van der Waals surface area (Å²) in [7, 11) is 2.88. The summed E-state index contributed by atoms with van der Waals surface area (Å²) in [5, 5.41) is 82.4. The van der Waals surface area contributed by atoms with Crippen LogP contribution in [0.2, 0.25) is 10.0 Å². The van der Waals surface area contributed by atoms with Gasteiger partial charge in [-0.3, -0.25) is 76.5 Å². The van der Waals surface area contributed by atoms with Crippen LogP contribution in [0.15, 0.2) is 158 Å². The van der Waals surface area contributed by atoms with E-state index in [0.717, 1.165) is 11.1 Å². The van der Waals surface area contributed by atoms with E-state index >= 15 is 19.2 Å². The number of carboxylic acid groups (broad SMARTS) is 1. The number of halogens is 2. The Morgan fingerprint density at radius 1 is 0.557 bits per heavy atom. The summed E-state index contributed by atoms with van der Waals surface area (Å²) < 4.78 is 17.8. The molecule has 0 radical (unpaired) electrons. The number of aliphatic carboxylic acids is 1. The maximum absolute atomic E-state index is 15.3. The number of phenols is 2. The zero-order chi connectivity index (χ0) is 108. The number of phenolic OH excluding ortho intramolecular Hbond substituents is 2. The molecule has 13 atom stereocenters. The smallest absolute Gasteiger partial charge is 0.320 e. The number of nitrogens with one attached hydrogen (secondary N) is 13. The van der Waals surface area contributed by atoms with Gasteiger partial charge in [0.25, 0.3) is 11.9 Å². The van der Waals surface area contributed by atoms with Gasteiger partial charge in [-0.2, -0.15) is 26.7 Å². The number of carbonyl (C=O) groups is 15. The second-order valence-electron chi connectivity index (χ2n) is 36.5. The van der Waals surface area contributed by atoms with Gasteiger partial charge < -0.3 is 125 Å². The quantitative estimate of drug-likeness (QED) is 0.0192. The molecule has 1 aliphatic rings. The predicted octanol–water partition coefficient (Wildman–Crippen LogP) is 2.97. The number of aliphatic hydroxyl groups is 1. The fourth-order valence-electron chi connectivity index (χ4n) is 16.1. The van der Waals surface area contributed by atoms with E-state index in [9.17, 15) is 78.3 Å². The number of fused-ring (bicyclic) bond motifs is 1. The number of likely N-dealkylation sites (tertiary alicyclic amines) is 1. The Morgan fingerprint density at radius 3 is 1.62 bits per heavy atom. The van der Waals surface area contributed by atoms with Gasteiger partial charge in [-0.25, -0.2) is 4.98 Å². The molecule has 1 aliphatic heterocycles. The van der Waals surface area contributed by atoms with Crippen LogP contribution < -0.4 is 84.7 Å². The Labute approximate surface area is 873 Å². The number of rotatable bonds is 57. The lowest BCUT2D eigenvalue weighted by molar-refractivity contribution is -0.143. The number of methoxy groups -OCH3 is 1. The van der Waals surface area contributed by atoms with Crippen LogP contribution in [0.4, 0.5) is 5.82 Å². The largest absolute Gasteiger partial charge is 0.508 e. The number of nitrogens with zero attached hydrogens (tertiary/aromatic N) is 6. The molecule has 6 aromatic carbocycles. The number of hydrogen-bond acceptors (Lipinski definition) is 29. The van der Waals surface area contributed by atoms with Gasteiger partial charge >= 0.3 is 12.0 Å². The van der Waals surface area contributed by atoms with Crippen molar-refractivity contribution in [1.82, 2.24) is 98.2 Å². The van der Waals surface area contributed by atoms with Gasteiger partial charge in [0.05, 0.1) is 42.8 Å². The number of amides is 13. The van der Waals surface area contributed by atoms with Gasteiger partial charge in [0.15, 0.2) is 29.4 Å². The fourth-order valence-corrected chi connectivity index (χ4v) is 17.9. The summed E-state index contributed by atoms with van der Waals surface area (Å²) in [6.07, 6.45) is 1.56. The van der Waals surface area contributed by atoms with Crippen LogP contribution >= 0.6 is 35.0 Å². The van der Waals surface area contributed by atoms with Crippen molar-refractivity contribution in [3.05, 3.63) is 213 Å². The first-order valence-corrected chi connectivity index (χ1v) is 50.3. The number of imidazole rings is 2. The molecule has 0 aliphatic carbocycles. The molecular formula is C102H127Cl2N21O23S. The number of ketones is 1. The highest BCUT2D eigenvalue weighted by Crippen LogP contribution is 2.37. The molecule has 0 spiro atoms. The summed E-state index contributed by atoms with van der Waals surface area (Å²) >= 11 is 14.7. The molecule has 9 aromatic rings. The van der Waals surface area contributed by atoms with Crippen molar-refractivity contribution in [2.24, 2.45) is 23.5 Å². The van der Waals surface area contributed by atoms with Crippen molar-refractivity contribution in [2.75, 3.05) is 64.4 Å². The van der Waals surface area contributed by atoms with Crippen LogP contribution in [0.3, 0.4) is 0 Å². The van der Waals surface area contributed by atoms with Crippen molar-refractivity contribution in [2.45, 2.75) is 198 Å². The highest BCUT2D eigenvalue weighted by atomic mass is 35.5. The lowest BCUT2D eigenvalue weighted by atomic mass is 9.97. The first-order chi connectivity index (χ1) is 71.2. The molecule has 44 nitrogen and oxygen atoms in total. The molecule has 22 N–H and O–H groups in total. The molecule has 4 heterocycles. The number of aromatic hydroxyl groups is 3. The van der Waals surface area contributed by atoms with Crippen LogP contribution in [0.1, 0.15) is 129 Å². The van der Waals surface area contributed by atoms with Gasteiger partial charge in [0, 0.05) is 95.0 Å². The number of aliphatic hydroxyl groups excluding tert-OH is 1. The zero-order valence-corrected chi connectivity index (χ0v) is 85.7. The molecule has 1 saturated heterocycles. The van der Waals surface area contributed by atoms with Crippen LogP contribution in [-0.2, 0) is 117 Å². The van der Waals surface area contributed by atoms with E-state index in [0.29, 0.717) is 35.1 Å². The molecule has 3 aromatic heterocycles. The lowest BCUT2D eigenvalue weighted by Crippen LogP contribution is -2.62. The topological polar surface area (TPSA) is 657 Å². The standard InChI is InChI=1S/C102H127Cl2N21O23S/c1-9-64(86(132)68-34-36-79(83(104)82(68)103)148-51-80(129)109-47-62-22-24-63(25-23-62)49-125-88-85(121-102(125)145)87(106)122-101(123-88)147-40-39-146-8)52-149-53-77(91(135)107-7)119-95(139)73(45-61-28-32-67(128)33-29-61)117-99(143)78-21-16-38-124(78)100(144)84(56(4)5)120-97(141)74(43-59-19-14-11-15-20-59)116-94(138)72(42-58-17-12-10-13-18-58)115-96(140)75(46-65-48-108-54-110-65)112-89(133)57(6)111-98(142)76(50-126)118-92(136)70(41-55(2)3)114-93(137)71(44-60-26-30-66(127)31-27-60)113-90(134)69(105)35-37-81(130)131/h10-15,17-20,22-34,36,48,54-57,64,69-78,84,126-128H,9,16,21,35,37-47,49-53,105H2,1-8H3,(H,107,135)(H,108,110)(H,109,129)(H,111,142)(H,112,133)(H,113,134)(H,114,137)(H,115,140)(H,116,138)(H,117,143)(H,118,136)(H,119,139)(H,120,141)(H,121,145)(H,130,131)(H2,106,122,123)/t57-,64?,69-,70-,71-,72-,73-,74-,75-,76-,77-,78?,84-/m0/s1. The van der Waals surface area contributed by atoms with Gasteiger partial charge in [-0.05, 0) is 121 Å². The van der Waals surface area contributed by atoms with Gasteiger partial charge in [-0.1, -0.05) is 167 Å². The maximum Gasteiger partial charge on any atom is 0.320 e. The summed E-state index contributed by atoms with van der Waals surface area (Å²) in [6.45, 7) is 9.00. The van der Waals surface area contributed by atoms with E-state index < -0.39 is 193 Å². The Bertz CT molecular complexity index is 6120. The first kappa shape index (κ1) is 116. The normalized spacial score (nSPS) is 14.7. The van der Waals surface area contributed by atoms with Crippen molar-refractivity contribution in [3.8, 4) is 29.3 Å². The second kappa shape index (κ2) is 56.7. The summed E-state index contributed by atoms with van der Waals surface area (Å²) in [6, 6.07) is 20.7. The van der Waals surface area contributed by atoms with Crippen LogP contribution in [0.25, 0.3) is 11.2 Å².